The van der Waals surface area contributed by atoms with Crippen molar-refractivity contribution in [3.8, 4) is 11.1 Å². The Morgan fingerprint density at radius 2 is 1.37 bits per heavy atom. The van der Waals surface area contributed by atoms with E-state index in [1.54, 1.807) is 0 Å². The molecule has 102 valence electrons. The van der Waals surface area contributed by atoms with Gasteiger partial charge < -0.3 is 0 Å². The summed E-state index contributed by atoms with van der Waals surface area (Å²) in [6.07, 6.45) is 0. The zero-order chi connectivity index (χ0) is 14.5. The molecule has 0 spiro atoms. The second-order valence-electron chi connectivity index (χ2n) is 4.39. The lowest BCUT2D eigenvalue weighted by atomic mass is 9.97. The van der Waals surface area contributed by atoms with Crippen LogP contribution in [0.5, 0.6) is 0 Å². The van der Waals surface area contributed by atoms with E-state index >= 15 is 0 Å². The van der Waals surface area contributed by atoms with Gasteiger partial charge in [0.1, 0.15) is 10.2 Å². The minimum absolute atomic E-state index is 0.692. The lowest BCUT2D eigenvalue weighted by Crippen LogP contribution is -2.03. The van der Waals surface area contributed by atoms with Gasteiger partial charge in [0.2, 0.25) is 0 Å². The maximum absolute atomic E-state index is 10.4. The van der Waals surface area contributed by atoms with E-state index in [2.05, 4.69) is 62.4 Å². The molecule has 0 saturated carbocycles. The van der Waals surface area contributed by atoms with Crippen molar-refractivity contribution in [3.63, 3.8) is 0 Å². The molecule has 0 nitrogen and oxygen atoms in total. The Morgan fingerprint density at radius 3 is 1.89 bits per heavy atom. The van der Waals surface area contributed by atoms with E-state index in [0.29, 0.717) is 0 Å². The van der Waals surface area contributed by atoms with Gasteiger partial charge in [-0.2, -0.15) is 13.2 Å². The molecule has 0 atom stereocenters. The van der Waals surface area contributed by atoms with Crippen LogP contribution in [0, 0.1) is 13.8 Å². The minimum atomic E-state index is -3.86. The van der Waals surface area contributed by atoms with Crippen LogP contribution < -0.4 is 0 Å². The van der Waals surface area contributed by atoms with Crippen LogP contribution in [-0.2, 0) is 0 Å². The first kappa shape index (κ1) is 15.5. The molecule has 0 bridgehead atoms. The summed E-state index contributed by atoms with van der Waals surface area (Å²) >= 11 is 0. The van der Waals surface area contributed by atoms with E-state index in [1.807, 2.05) is 0 Å². The lowest BCUT2D eigenvalue weighted by molar-refractivity contribution is -0.0429. The van der Waals surface area contributed by atoms with Gasteiger partial charge >= 0.3 is 5.80 Å². The molecule has 19 heavy (non-hydrogen) atoms. The highest BCUT2D eigenvalue weighted by Gasteiger charge is 2.14. The fraction of sp³-hybridized carbons (Fsp3) is 0.200. The van der Waals surface area contributed by atoms with Crippen LogP contribution in [0.4, 0.5) is 13.2 Å². The first-order chi connectivity index (χ1) is 8.79. The van der Waals surface area contributed by atoms with Crippen LogP contribution in [0.1, 0.15) is 11.1 Å². The highest BCUT2D eigenvalue weighted by molar-refractivity contribution is 6.11. The standard InChI is InChI=1S/C14H14.CH3F3Si/c1-11-7-6-10-14(12(11)2)13-8-4-3-5-9-13;2-1(3,4)5/h3-10H,1-2H3;5H3. The Hall–Kier alpha value is -1.55. The molecule has 0 amide bonds. The van der Waals surface area contributed by atoms with E-state index in [9.17, 15) is 13.2 Å². The molecule has 0 N–H and O–H groups in total. The summed E-state index contributed by atoms with van der Waals surface area (Å²) in [5.41, 5.74) is 5.37. The van der Waals surface area contributed by atoms with Crippen molar-refractivity contribution >= 4 is 10.2 Å². The Balaban J connectivity index is 0.000000312. The molecule has 2 rings (SSSR count). The maximum atomic E-state index is 10.4. The molecule has 0 heterocycles. The third-order valence-corrected chi connectivity index (χ3v) is 2.69. The van der Waals surface area contributed by atoms with E-state index in [1.165, 1.54) is 22.3 Å². The number of rotatable bonds is 1. The molecule has 2 aromatic rings. The predicted octanol–water partition coefficient (Wildman–Crippen LogP) is 3.84. The highest BCUT2D eigenvalue weighted by atomic mass is 28.1. The molecule has 0 aliphatic carbocycles. The molecule has 0 aromatic heterocycles. The number of halogens is 3. The summed E-state index contributed by atoms with van der Waals surface area (Å²) < 4.78 is 31.2. The van der Waals surface area contributed by atoms with Crippen LogP contribution in [0.15, 0.2) is 48.5 Å². The smallest absolute Gasteiger partial charge is 0.178 e. The van der Waals surface area contributed by atoms with Crippen molar-refractivity contribution in [1.29, 1.82) is 0 Å². The van der Waals surface area contributed by atoms with Gasteiger partial charge in [0.15, 0.2) is 0 Å². The third kappa shape index (κ3) is 5.74. The normalized spacial score (nSPS) is 10.8. The average molecular weight is 282 g/mol. The van der Waals surface area contributed by atoms with Gasteiger partial charge in [-0.05, 0) is 36.1 Å². The number of hydrogen-bond donors (Lipinski definition) is 0. The van der Waals surface area contributed by atoms with E-state index in [-0.39, 0.29) is 0 Å². The van der Waals surface area contributed by atoms with Crippen molar-refractivity contribution in [2.24, 2.45) is 0 Å². The Bertz CT molecular complexity index is 513. The quantitative estimate of drug-likeness (QED) is 0.697. The number of hydrogen-bond acceptors (Lipinski definition) is 0. The van der Waals surface area contributed by atoms with E-state index < -0.39 is 16.0 Å². The SMILES string of the molecule is Cc1cccc(-c2ccccc2)c1C.FC(F)(F)[SiH3]. The van der Waals surface area contributed by atoms with Crippen LogP contribution in [0.2, 0.25) is 0 Å². The van der Waals surface area contributed by atoms with E-state index in [0.717, 1.165) is 0 Å². The molecule has 4 heteroatoms. The molecule has 0 radical (unpaired) electrons. The predicted molar refractivity (Wildman–Crippen MR) is 77.3 cm³/mol. The van der Waals surface area contributed by atoms with Crippen molar-refractivity contribution in [2.75, 3.05) is 0 Å². The van der Waals surface area contributed by atoms with Crippen LogP contribution in [0.3, 0.4) is 0 Å². The van der Waals surface area contributed by atoms with Gasteiger partial charge in [-0.3, -0.25) is 0 Å². The Kier molecular flexibility index (Phi) is 5.36. The summed E-state index contributed by atoms with van der Waals surface area (Å²) in [5, 5.41) is 0. The molecular formula is C15H17F3Si. The molecule has 2 aromatic carbocycles. The topological polar surface area (TPSA) is 0 Å². The summed E-state index contributed by atoms with van der Waals surface area (Å²) in [6, 6.07) is 17.0. The molecule has 0 aliphatic heterocycles. The van der Waals surface area contributed by atoms with Gasteiger partial charge in [-0.25, -0.2) is 0 Å². The second-order valence-corrected chi connectivity index (χ2v) is 5.53. The maximum Gasteiger partial charge on any atom is 0.351 e. The zero-order valence-electron chi connectivity index (χ0n) is 11.3. The summed E-state index contributed by atoms with van der Waals surface area (Å²) in [5.74, 6) is -3.86. The van der Waals surface area contributed by atoms with Crippen LogP contribution in [-0.4, -0.2) is 16.0 Å². The first-order valence-corrected chi connectivity index (χ1v) is 6.97. The van der Waals surface area contributed by atoms with Gasteiger partial charge in [0.25, 0.3) is 0 Å². The highest BCUT2D eigenvalue weighted by Crippen LogP contribution is 2.24. The van der Waals surface area contributed by atoms with Gasteiger partial charge in [-0.1, -0.05) is 48.5 Å². The molecule has 0 saturated heterocycles. The zero-order valence-corrected chi connectivity index (χ0v) is 13.3. The van der Waals surface area contributed by atoms with Gasteiger partial charge in [0, 0.05) is 0 Å². The minimum Gasteiger partial charge on any atom is -0.178 e. The number of benzene rings is 2. The number of aryl methyl sites for hydroxylation is 1. The number of alkyl halides is 3. The third-order valence-electron chi connectivity index (χ3n) is 2.69. The average Bonchev–Trinajstić information content (AvgIpc) is 2.32. The summed E-state index contributed by atoms with van der Waals surface area (Å²) in [6.45, 7) is 4.33. The summed E-state index contributed by atoms with van der Waals surface area (Å²) in [4.78, 5) is 0. The van der Waals surface area contributed by atoms with Crippen molar-refractivity contribution < 1.29 is 13.2 Å². The van der Waals surface area contributed by atoms with Crippen molar-refractivity contribution in [2.45, 2.75) is 19.6 Å². The Morgan fingerprint density at radius 1 is 0.842 bits per heavy atom. The molecule has 0 aliphatic rings. The lowest BCUT2D eigenvalue weighted by Gasteiger charge is -2.07. The van der Waals surface area contributed by atoms with Crippen molar-refractivity contribution in [1.82, 2.24) is 0 Å². The largest absolute Gasteiger partial charge is 0.351 e. The van der Waals surface area contributed by atoms with Crippen LogP contribution >= 0.6 is 0 Å². The van der Waals surface area contributed by atoms with Gasteiger partial charge in [-0.15, -0.1) is 0 Å². The van der Waals surface area contributed by atoms with Crippen LogP contribution in [0.25, 0.3) is 11.1 Å². The fourth-order valence-electron chi connectivity index (χ4n) is 1.68. The van der Waals surface area contributed by atoms with E-state index in [4.69, 9.17) is 0 Å². The Labute approximate surface area is 114 Å². The summed E-state index contributed by atoms with van der Waals surface area (Å²) in [7, 11) is -0.692. The molecule has 0 unspecified atom stereocenters. The monoisotopic (exact) mass is 282 g/mol. The second kappa shape index (κ2) is 6.57. The molecule has 0 fully saturated rings. The molecular weight excluding hydrogens is 265 g/mol. The fourth-order valence-corrected chi connectivity index (χ4v) is 1.68. The first-order valence-electron chi connectivity index (χ1n) is 5.97. The van der Waals surface area contributed by atoms with Crippen molar-refractivity contribution in [3.05, 3.63) is 59.7 Å². The van der Waals surface area contributed by atoms with Gasteiger partial charge in [0.05, 0.1) is 0 Å².